The largest absolute Gasteiger partial charge is 0.494 e. The number of alkyl halides is 3. The number of benzene rings is 2. The van der Waals surface area contributed by atoms with Gasteiger partial charge in [0.05, 0.1) is 25.4 Å². The zero-order valence-electron chi connectivity index (χ0n) is 24.2. The van der Waals surface area contributed by atoms with Crippen LogP contribution in [0.3, 0.4) is 0 Å². The molecule has 1 fully saturated rings. The number of primary amides is 1. The van der Waals surface area contributed by atoms with E-state index >= 15 is 0 Å². The molecule has 2 aliphatic rings. The highest BCUT2D eigenvalue weighted by Crippen LogP contribution is 2.49. The third-order valence-corrected chi connectivity index (χ3v) is 8.54. The molecule has 2 aromatic heterocycles. The maximum Gasteiger partial charge on any atom is 0.424 e. The van der Waals surface area contributed by atoms with Gasteiger partial charge in [0.25, 0.3) is 5.91 Å². The number of carbonyl (C=O) groups excluding carboxylic acids is 2. The van der Waals surface area contributed by atoms with Crippen LogP contribution in [0.2, 0.25) is 0 Å². The lowest BCUT2D eigenvalue weighted by Crippen LogP contribution is -2.52. The highest BCUT2D eigenvalue weighted by atomic mass is 19.4. The highest BCUT2D eigenvalue weighted by molar-refractivity contribution is 6.00. The van der Waals surface area contributed by atoms with Crippen LogP contribution in [-0.2, 0) is 15.8 Å². The van der Waals surface area contributed by atoms with E-state index in [1.807, 2.05) is 0 Å². The van der Waals surface area contributed by atoms with E-state index < -0.39 is 47.1 Å². The van der Waals surface area contributed by atoms with Crippen LogP contribution < -0.4 is 20.5 Å². The summed E-state index contributed by atoms with van der Waals surface area (Å²) in [7, 11) is 1.39. The summed E-state index contributed by atoms with van der Waals surface area (Å²) in [6.45, 7) is 0.0229. The van der Waals surface area contributed by atoms with Gasteiger partial charge in [-0.05, 0) is 61.7 Å². The number of aromatic nitrogens is 3. The van der Waals surface area contributed by atoms with Crippen molar-refractivity contribution in [2.24, 2.45) is 5.73 Å². The Morgan fingerprint density at radius 1 is 1.20 bits per heavy atom. The number of hydrogen-bond acceptors (Lipinski definition) is 7. The number of carbonyl (C=O) groups is 2. The quantitative estimate of drug-likeness (QED) is 0.235. The van der Waals surface area contributed by atoms with Crippen molar-refractivity contribution in [3.8, 4) is 22.8 Å². The van der Waals surface area contributed by atoms with E-state index in [1.54, 1.807) is 17.8 Å². The Bertz CT molecular complexity index is 1820. The SMILES string of the molecule is CC[C@@]1(C(N)=O)COc2c1cc([C@@](O)(CNC(=O)c1cc(OC)c3nn(C4CC4)cc3c1)C(F)(F)F)nc2-c1ccc(F)cc1. The van der Waals surface area contributed by atoms with Crippen LogP contribution in [-0.4, -0.2) is 58.1 Å². The molecule has 2 amide bonds. The van der Waals surface area contributed by atoms with Crippen molar-refractivity contribution in [2.75, 3.05) is 20.3 Å². The molecule has 2 aromatic carbocycles. The minimum atomic E-state index is -5.35. The molecule has 14 heteroatoms. The number of ether oxygens (including phenoxy) is 2. The van der Waals surface area contributed by atoms with Gasteiger partial charge < -0.3 is 25.6 Å². The van der Waals surface area contributed by atoms with Gasteiger partial charge in [-0.1, -0.05) is 6.92 Å². The molecule has 0 bridgehead atoms. The van der Waals surface area contributed by atoms with Gasteiger partial charge >= 0.3 is 6.18 Å². The molecule has 1 aliphatic carbocycles. The zero-order valence-corrected chi connectivity index (χ0v) is 24.2. The molecule has 0 unspecified atom stereocenters. The highest BCUT2D eigenvalue weighted by Gasteiger charge is 2.58. The molecule has 236 valence electrons. The lowest BCUT2D eigenvalue weighted by atomic mass is 9.78. The number of nitrogens with one attached hydrogen (secondary N) is 1. The van der Waals surface area contributed by atoms with Gasteiger partial charge in [0.1, 0.15) is 40.5 Å². The monoisotopic (exact) mass is 627 g/mol. The summed E-state index contributed by atoms with van der Waals surface area (Å²) in [4.78, 5) is 30.0. The standard InChI is InChI=1S/C31H29F4N5O5/c1-3-29(28(36)42)15-45-26-21(29)12-23(38-25(26)16-4-6-19(32)7-5-16)30(43,31(33,34)35)14-37-27(41)17-10-18-13-40(20-8-9-20)39-24(18)22(11-17)44-2/h4-7,10-13,20,43H,3,8-9,14-15H2,1-2H3,(H2,36,42)(H,37,41)/t29-,30+/m1/s1. The number of pyridine rings is 1. The van der Waals surface area contributed by atoms with Crippen LogP contribution >= 0.6 is 0 Å². The van der Waals surface area contributed by atoms with E-state index in [2.05, 4.69) is 15.4 Å². The topological polar surface area (TPSA) is 142 Å². The fourth-order valence-electron chi connectivity index (χ4n) is 5.57. The van der Waals surface area contributed by atoms with E-state index in [4.69, 9.17) is 15.2 Å². The molecular formula is C31H29F4N5O5. The fourth-order valence-corrected chi connectivity index (χ4v) is 5.57. The molecule has 4 N–H and O–H groups in total. The third kappa shape index (κ3) is 5.02. The van der Waals surface area contributed by atoms with Crippen LogP contribution in [0, 0.1) is 5.82 Å². The van der Waals surface area contributed by atoms with Gasteiger partial charge in [0.2, 0.25) is 11.5 Å². The van der Waals surface area contributed by atoms with Crippen molar-refractivity contribution < 1.29 is 41.7 Å². The van der Waals surface area contributed by atoms with Crippen LogP contribution in [0.25, 0.3) is 22.2 Å². The number of nitrogens with zero attached hydrogens (tertiary/aromatic N) is 3. The average molecular weight is 628 g/mol. The molecule has 1 aliphatic heterocycles. The molecule has 3 heterocycles. The number of methoxy groups -OCH3 is 1. The van der Waals surface area contributed by atoms with E-state index in [-0.39, 0.29) is 53.0 Å². The van der Waals surface area contributed by atoms with Crippen LogP contribution in [0.5, 0.6) is 11.5 Å². The summed E-state index contributed by atoms with van der Waals surface area (Å²) in [5.41, 5.74) is 0.0628. The number of halogens is 4. The van der Waals surface area contributed by atoms with Gasteiger partial charge in [-0.25, -0.2) is 9.37 Å². The molecule has 10 nitrogen and oxygen atoms in total. The fraction of sp³-hybridized carbons (Fsp3) is 0.355. The van der Waals surface area contributed by atoms with Gasteiger partial charge in [-0.2, -0.15) is 18.3 Å². The first-order valence-corrected chi connectivity index (χ1v) is 14.2. The molecular weight excluding hydrogens is 598 g/mol. The first-order valence-electron chi connectivity index (χ1n) is 14.2. The second-order valence-electron chi connectivity index (χ2n) is 11.3. The molecule has 0 radical (unpaired) electrons. The Kier molecular flexibility index (Phi) is 7.22. The lowest BCUT2D eigenvalue weighted by molar-refractivity contribution is -0.265. The second kappa shape index (κ2) is 10.7. The summed E-state index contributed by atoms with van der Waals surface area (Å²) in [6, 6.07) is 8.75. The van der Waals surface area contributed by atoms with Gasteiger partial charge in [0, 0.05) is 28.3 Å². The van der Waals surface area contributed by atoms with E-state index in [0.717, 1.165) is 31.0 Å². The van der Waals surface area contributed by atoms with E-state index in [1.165, 1.54) is 31.4 Å². The van der Waals surface area contributed by atoms with Crippen molar-refractivity contribution in [3.63, 3.8) is 0 Å². The third-order valence-electron chi connectivity index (χ3n) is 8.54. The van der Waals surface area contributed by atoms with Crippen molar-refractivity contribution in [1.82, 2.24) is 20.1 Å². The summed E-state index contributed by atoms with van der Waals surface area (Å²) in [6.07, 6.45) is -1.61. The maximum absolute atomic E-state index is 14.8. The number of amides is 2. The van der Waals surface area contributed by atoms with Crippen molar-refractivity contribution in [3.05, 3.63) is 71.3 Å². The predicted molar refractivity (Wildman–Crippen MR) is 153 cm³/mol. The minimum absolute atomic E-state index is 0.00121. The number of hydrogen-bond donors (Lipinski definition) is 3. The van der Waals surface area contributed by atoms with Gasteiger partial charge in [-0.15, -0.1) is 0 Å². The molecule has 4 aromatic rings. The van der Waals surface area contributed by atoms with Crippen molar-refractivity contribution in [2.45, 2.75) is 49.4 Å². The van der Waals surface area contributed by atoms with Crippen molar-refractivity contribution >= 4 is 22.7 Å². The number of fused-ring (bicyclic) bond motifs is 2. The maximum atomic E-state index is 14.8. The van der Waals surface area contributed by atoms with Crippen LogP contribution in [0.1, 0.15) is 53.8 Å². The lowest BCUT2D eigenvalue weighted by Gasteiger charge is -2.32. The predicted octanol–water partition coefficient (Wildman–Crippen LogP) is 4.29. The Labute approximate surface area is 254 Å². The van der Waals surface area contributed by atoms with E-state index in [0.29, 0.717) is 10.9 Å². The Hall–Kier alpha value is -4.72. The Balaban J connectivity index is 1.41. The summed E-state index contributed by atoms with van der Waals surface area (Å²) in [5.74, 6) is -2.11. The zero-order chi connectivity index (χ0) is 32.3. The summed E-state index contributed by atoms with van der Waals surface area (Å²) >= 11 is 0. The molecule has 6 rings (SSSR count). The first kappa shape index (κ1) is 30.3. The molecule has 0 spiro atoms. The average Bonchev–Trinajstić information content (AvgIpc) is 3.65. The van der Waals surface area contributed by atoms with Crippen LogP contribution in [0.15, 0.2) is 48.7 Å². The number of aliphatic hydroxyl groups is 1. The Morgan fingerprint density at radius 2 is 1.91 bits per heavy atom. The summed E-state index contributed by atoms with van der Waals surface area (Å²) < 4.78 is 71.0. The van der Waals surface area contributed by atoms with E-state index in [9.17, 15) is 32.3 Å². The molecule has 0 saturated heterocycles. The Morgan fingerprint density at radius 3 is 2.51 bits per heavy atom. The molecule has 1 saturated carbocycles. The normalized spacial score (nSPS) is 19.1. The van der Waals surface area contributed by atoms with Gasteiger partial charge in [0.15, 0.2) is 0 Å². The first-order chi connectivity index (χ1) is 21.3. The van der Waals surface area contributed by atoms with Crippen molar-refractivity contribution in [1.29, 1.82) is 0 Å². The van der Waals surface area contributed by atoms with Crippen LogP contribution in [0.4, 0.5) is 17.6 Å². The minimum Gasteiger partial charge on any atom is -0.494 e. The molecule has 45 heavy (non-hydrogen) atoms. The second-order valence-corrected chi connectivity index (χ2v) is 11.3. The number of nitrogens with two attached hydrogens (primary N) is 1. The van der Waals surface area contributed by atoms with Gasteiger partial charge in [-0.3, -0.25) is 14.3 Å². The summed E-state index contributed by atoms with van der Waals surface area (Å²) in [5, 5.41) is 18.6. The number of rotatable bonds is 9. The molecule has 2 atom stereocenters. The smallest absolute Gasteiger partial charge is 0.424 e.